The van der Waals surface area contributed by atoms with Gasteiger partial charge in [-0.25, -0.2) is 4.79 Å². The van der Waals surface area contributed by atoms with Crippen LogP contribution in [0.5, 0.6) is 0 Å². The normalized spacial score (nSPS) is 9.95. The first-order valence-electron chi connectivity index (χ1n) is 5.85. The third kappa shape index (κ3) is 4.93. The van der Waals surface area contributed by atoms with E-state index in [1.807, 2.05) is 6.92 Å². The van der Waals surface area contributed by atoms with Gasteiger partial charge >= 0.3 is 5.97 Å². The Morgan fingerprint density at radius 1 is 1.32 bits per heavy atom. The summed E-state index contributed by atoms with van der Waals surface area (Å²) in [6.45, 7) is 6.66. The number of carbonyl (C=O) groups is 2. The summed E-state index contributed by atoms with van der Waals surface area (Å²) in [6, 6.07) is 6.08. The van der Waals surface area contributed by atoms with Gasteiger partial charge in [-0.3, -0.25) is 4.79 Å². The molecule has 1 aromatic rings. The lowest BCUT2D eigenvalue weighted by molar-refractivity contribution is 0.0690. The zero-order chi connectivity index (χ0) is 14.3. The molecule has 0 bridgehead atoms. The fourth-order valence-corrected chi connectivity index (χ4v) is 1.45. The monoisotopic (exact) mass is 263 g/mol. The smallest absolute Gasteiger partial charge is 0.336 e. The van der Waals surface area contributed by atoms with Crippen molar-refractivity contribution >= 4 is 11.9 Å². The number of benzene rings is 1. The molecule has 0 heterocycles. The van der Waals surface area contributed by atoms with Gasteiger partial charge in [0.05, 0.1) is 24.3 Å². The number of nitrogens with one attached hydrogen (secondary N) is 1. The van der Waals surface area contributed by atoms with Gasteiger partial charge in [-0.15, -0.1) is 0 Å². The molecule has 0 fully saturated rings. The minimum Gasteiger partial charge on any atom is -0.478 e. The second-order valence-corrected chi connectivity index (χ2v) is 4.12. The topological polar surface area (TPSA) is 75.6 Å². The van der Waals surface area contributed by atoms with Gasteiger partial charge < -0.3 is 15.2 Å². The average Bonchev–Trinajstić information content (AvgIpc) is 2.37. The van der Waals surface area contributed by atoms with Crippen LogP contribution in [0.2, 0.25) is 0 Å². The number of hydrogen-bond acceptors (Lipinski definition) is 3. The van der Waals surface area contributed by atoms with E-state index < -0.39 is 11.9 Å². The van der Waals surface area contributed by atoms with E-state index in [4.69, 9.17) is 9.84 Å². The largest absolute Gasteiger partial charge is 0.478 e. The van der Waals surface area contributed by atoms with Crippen molar-refractivity contribution in [2.24, 2.45) is 0 Å². The van der Waals surface area contributed by atoms with Gasteiger partial charge in [0.15, 0.2) is 0 Å². The fraction of sp³-hybridized carbons (Fsp3) is 0.286. The zero-order valence-corrected chi connectivity index (χ0v) is 10.8. The van der Waals surface area contributed by atoms with E-state index in [-0.39, 0.29) is 11.1 Å². The van der Waals surface area contributed by atoms with Crippen LogP contribution >= 0.6 is 0 Å². The van der Waals surface area contributed by atoms with Crippen LogP contribution < -0.4 is 5.32 Å². The first-order valence-corrected chi connectivity index (χ1v) is 5.85. The molecule has 0 aromatic heterocycles. The summed E-state index contributed by atoms with van der Waals surface area (Å²) in [6.07, 6.45) is 0. The maximum atomic E-state index is 11.8. The van der Waals surface area contributed by atoms with Crippen LogP contribution in [0.1, 0.15) is 27.6 Å². The maximum Gasteiger partial charge on any atom is 0.336 e. The molecule has 0 saturated heterocycles. The number of carboxylic acid groups (broad SMARTS) is 1. The van der Waals surface area contributed by atoms with Crippen LogP contribution in [-0.2, 0) is 4.74 Å². The first kappa shape index (κ1) is 14.9. The van der Waals surface area contributed by atoms with E-state index in [2.05, 4.69) is 11.9 Å². The molecule has 0 radical (unpaired) electrons. The van der Waals surface area contributed by atoms with Crippen molar-refractivity contribution in [2.75, 3.05) is 19.8 Å². The van der Waals surface area contributed by atoms with E-state index in [0.717, 1.165) is 5.57 Å². The predicted molar refractivity (Wildman–Crippen MR) is 71.4 cm³/mol. The number of carboxylic acids is 1. The molecule has 0 saturated carbocycles. The van der Waals surface area contributed by atoms with Gasteiger partial charge in [0.2, 0.25) is 0 Å². The summed E-state index contributed by atoms with van der Waals surface area (Å²) in [5, 5.41) is 11.6. The molecule has 0 aliphatic heterocycles. The molecule has 0 spiro atoms. The van der Waals surface area contributed by atoms with E-state index in [1.54, 1.807) is 12.1 Å². The number of aromatic carboxylic acids is 1. The Morgan fingerprint density at radius 2 is 1.95 bits per heavy atom. The fourth-order valence-electron chi connectivity index (χ4n) is 1.45. The van der Waals surface area contributed by atoms with Crippen LogP contribution in [0.3, 0.4) is 0 Å². The van der Waals surface area contributed by atoms with Crippen LogP contribution in [0.4, 0.5) is 0 Å². The van der Waals surface area contributed by atoms with Crippen molar-refractivity contribution in [2.45, 2.75) is 6.92 Å². The number of carbonyl (C=O) groups excluding carboxylic acids is 1. The summed E-state index contributed by atoms with van der Waals surface area (Å²) < 4.78 is 5.23. The lowest BCUT2D eigenvalue weighted by Gasteiger charge is -2.08. The quantitative estimate of drug-likeness (QED) is 0.580. The SMILES string of the molecule is C=C(C)COCCNC(=O)c1ccccc1C(=O)O. The molecule has 102 valence electrons. The number of rotatable bonds is 7. The van der Waals surface area contributed by atoms with Crippen molar-refractivity contribution in [1.29, 1.82) is 0 Å². The van der Waals surface area contributed by atoms with Crippen LogP contribution in [0, 0.1) is 0 Å². The van der Waals surface area contributed by atoms with Crippen LogP contribution in [0.25, 0.3) is 0 Å². The molecule has 1 amide bonds. The molecule has 0 atom stereocenters. The highest BCUT2D eigenvalue weighted by atomic mass is 16.5. The summed E-state index contributed by atoms with van der Waals surface area (Å²) in [5.74, 6) is -1.54. The van der Waals surface area contributed by atoms with Crippen molar-refractivity contribution in [3.05, 3.63) is 47.5 Å². The molecule has 1 aromatic carbocycles. The molecule has 1 rings (SSSR count). The highest BCUT2D eigenvalue weighted by Crippen LogP contribution is 2.08. The van der Waals surface area contributed by atoms with Crippen LogP contribution in [-0.4, -0.2) is 36.7 Å². The van der Waals surface area contributed by atoms with Gasteiger partial charge in [0, 0.05) is 6.54 Å². The van der Waals surface area contributed by atoms with Gasteiger partial charge in [0.1, 0.15) is 0 Å². The van der Waals surface area contributed by atoms with Crippen molar-refractivity contribution < 1.29 is 19.4 Å². The molecule has 0 aliphatic rings. The molecule has 0 aliphatic carbocycles. The molecular weight excluding hydrogens is 246 g/mol. The van der Waals surface area contributed by atoms with E-state index in [1.165, 1.54) is 12.1 Å². The minimum atomic E-state index is -1.12. The lowest BCUT2D eigenvalue weighted by Crippen LogP contribution is -2.28. The number of ether oxygens (including phenoxy) is 1. The van der Waals surface area contributed by atoms with Crippen molar-refractivity contribution in [3.63, 3.8) is 0 Å². The Bertz CT molecular complexity index is 482. The Hall–Kier alpha value is -2.14. The number of hydrogen-bond donors (Lipinski definition) is 2. The predicted octanol–water partition coefficient (Wildman–Crippen LogP) is 1.71. The Morgan fingerprint density at radius 3 is 2.53 bits per heavy atom. The molecule has 2 N–H and O–H groups in total. The molecule has 5 nitrogen and oxygen atoms in total. The summed E-state index contributed by atoms with van der Waals surface area (Å²) in [7, 11) is 0. The van der Waals surface area contributed by atoms with Gasteiger partial charge in [-0.1, -0.05) is 24.3 Å². The summed E-state index contributed by atoms with van der Waals surface area (Å²) >= 11 is 0. The van der Waals surface area contributed by atoms with E-state index >= 15 is 0 Å². The maximum absolute atomic E-state index is 11.8. The van der Waals surface area contributed by atoms with E-state index in [9.17, 15) is 9.59 Å². The highest BCUT2D eigenvalue weighted by molar-refractivity contribution is 6.04. The minimum absolute atomic E-state index is 0.0112. The third-order valence-corrected chi connectivity index (χ3v) is 2.28. The highest BCUT2D eigenvalue weighted by Gasteiger charge is 2.14. The van der Waals surface area contributed by atoms with Crippen molar-refractivity contribution in [1.82, 2.24) is 5.32 Å². The summed E-state index contributed by atoms with van der Waals surface area (Å²) in [4.78, 5) is 22.8. The standard InChI is InChI=1S/C14H17NO4/c1-10(2)9-19-8-7-15-13(16)11-5-3-4-6-12(11)14(17)18/h3-6H,1,7-9H2,2H3,(H,15,16)(H,17,18). The van der Waals surface area contributed by atoms with E-state index in [0.29, 0.717) is 19.8 Å². The number of amides is 1. The van der Waals surface area contributed by atoms with Gasteiger partial charge in [-0.2, -0.15) is 0 Å². The Labute approximate surface area is 111 Å². The van der Waals surface area contributed by atoms with Crippen LogP contribution in [0.15, 0.2) is 36.4 Å². The second kappa shape index (κ2) is 7.33. The first-order chi connectivity index (χ1) is 9.02. The second-order valence-electron chi connectivity index (χ2n) is 4.12. The molecule has 19 heavy (non-hydrogen) atoms. The van der Waals surface area contributed by atoms with Gasteiger partial charge in [-0.05, 0) is 19.1 Å². The Balaban J connectivity index is 2.50. The van der Waals surface area contributed by atoms with Gasteiger partial charge in [0.25, 0.3) is 5.91 Å². The molecule has 0 unspecified atom stereocenters. The molecular formula is C14H17NO4. The third-order valence-electron chi connectivity index (χ3n) is 2.28. The average molecular weight is 263 g/mol. The Kier molecular flexibility index (Phi) is 5.75. The molecule has 5 heteroatoms. The lowest BCUT2D eigenvalue weighted by atomic mass is 10.1. The zero-order valence-electron chi connectivity index (χ0n) is 10.8. The summed E-state index contributed by atoms with van der Waals surface area (Å²) in [5.41, 5.74) is 1.04. The van der Waals surface area contributed by atoms with Crippen molar-refractivity contribution in [3.8, 4) is 0 Å².